The van der Waals surface area contributed by atoms with Crippen LogP contribution in [-0.4, -0.2) is 39.6 Å². The van der Waals surface area contributed by atoms with Crippen LogP contribution in [0.2, 0.25) is 0 Å². The van der Waals surface area contributed by atoms with Crippen LogP contribution in [0.15, 0.2) is 66.7 Å². The molecule has 1 aliphatic rings. The molecule has 1 aromatic heterocycles. The zero-order valence-electron chi connectivity index (χ0n) is 18.9. The molecule has 8 nitrogen and oxygen atoms in total. The molecule has 35 heavy (non-hydrogen) atoms. The van der Waals surface area contributed by atoms with Gasteiger partial charge in [-0.25, -0.2) is 9.59 Å². The highest BCUT2D eigenvalue weighted by Crippen LogP contribution is 2.44. The Labute approximate surface area is 201 Å². The molecule has 4 aromatic rings. The molecule has 0 radical (unpaired) electrons. The number of benzene rings is 3. The van der Waals surface area contributed by atoms with Crippen LogP contribution in [-0.2, 0) is 23.0 Å². The third kappa shape index (κ3) is 4.08. The molecule has 1 atom stereocenters. The van der Waals surface area contributed by atoms with Crippen molar-refractivity contribution < 1.29 is 19.4 Å². The topological polar surface area (TPSA) is 117 Å². The van der Waals surface area contributed by atoms with E-state index < -0.39 is 18.1 Å². The Morgan fingerprint density at radius 3 is 2.40 bits per heavy atom. The highest BCUT2D eigenvalue weighted by atomic mass is 16.5. The number of hydrogen-bond acceptors (Lipinski definition) is 5. The number of aromatic nitrogens is 2. The van der Waals surface area contributed by atoms with E-state index in [-0.39, 0.29) is 24.6 Å². The van der Waals surface area contributed by atoms with Crippen molar-refractivity contribution in [3.05, 3.63) is 89.1 Å². The summed E-state index contributed by atoms with van der Waals surface area (Å²) in [5.74, 6) is -1.29. The van der Waals surface area contributed by atoms with Crippen molar-refractivity contribution in [2.75, 3.05) is 6.61 Å². The zero-order chi connectivity index (χ0) is 24.5. The van der Waals surface area contributed by atoms with Gasteiger partial charge in [-0.1, -0.05) is 54.6 Å². The van der Waals surface area contributed by atoms with Gasteiger partial charge in [0.1, 0.15) is 18.7 Å². The monoisotopic (exact) mass is 466 g/mol. The minimum Gasteiger partial charge on any atom is -0.480 e. The molecular formula is C27H22N4O4. The average Bonchev–Trinajstić information content (AvgIpc) is 3.36. The molecule has 0 saturated heterocycles. The van der Waals surface area contributed by atoms with Gasteiger partial charge in [0.05, 0.1) is 5.52 Å². The molecule has 0 aliphatic heterocycles. The molecule has 174 valence electrons. The van der Waals surface area contributed by atoms with Gasteiger partial charge in [-0.15, -0.1) is 0 Å². The second kappa shape index (κ2) is 8.95. The van der Waals surface area contributed by atoms with Crippen molar-refractivity contribution in [1.82, 2.24) is 15.1 Å². The second-order valence-corrected chi connectivity index (χ2v) is 8.50. The first kappa shape index (κ1) is 22.2. The molecule has 1 unspecified atom stereocenters. The number of ether oxygens (including phenoxy) is 1. The van der Waals surface area contributed by atoms with Crippen LogP contribution in [0, 0.1) is 11.3 Å². The highest BCUT2D eigenvalue weighted by molar-refractivity contribution is 5.85. The van der Waals surface area contributed by atoms with Crippen molar-refractivity contribution in [3.8, 4) is 17.2 Å². The fraction of sp³-hybridized carbons (Fsp3) is 0.185. The summed E-state index contributed by atoms with van der Waals surface area (Å²) in [5.41, 5.74) is 6.07. The number of carbonyl (C=O) groups is 2. The molecule has 0 saturated carbocycles. The van der Waals surface area contributed by atoms with Gasteiger partial charge < -0.3 is 15.2 Å². The molecule has 3 aromatic carbocycles. The van der Waals surface area contributed by atoms with E-state index in [1.807, 2.05) is 54.6 Å². The summed E-state index contributed by atoms with van der Waals surface area (Å²) >= 11 is 0. The van der Waals surface area contributed by atoms with Crippen molar-refractivity contribution >= 4 is 23.0 Å². The molecule has 1 amide bonds. The molecular weight excluding hydrogens is 444 g/mol. The van der Waals surface area contributed by atoms with Crippen LogP contribution in [0.25, 0.3) is 22.0 Å². The number of hydrogen-bond donors (Lipinski definition) is 2. The summed E-state index contributed by atoms with van der Waals surface area (Å²) in [7, 11) is 1.74. The van der Waals surface area contributed by atoms with Gasteiger partial charge >= 0.3 is 12.1 Å². The quantitative estimate of drug-likeness (QED) is 0.444. The first-order valence-electron chi connectivity index (χ1n) is 11.2. The number of amides is 1. The maximum atomic E-state index is 12.6. The highest BCUT2D eigenvalue weighted by Gasteiger charge is 2.30. The van der Waals surface area contributed by atoms with E-state index in [1.54, 1.807) is 29.9 Å². The lowest BCUT2D eigenvalue weighted by molar-refractivity contribution is -0.139. The van der Waals surface area contributed by atoms with Gasteiger partial charge in [-0.05, 0) is 39.9 Å². The van der Waals surface area contributed by atoms with Crippen molar-refractivity contribution in [2.45, 2.75) is 18.4 Å². The van der Waals surface area contributed by atoms with Crippen LogP contribution in [0.5, 0.6) is 0 Å². The Kier molecular flexibility index (Phi) is 5.67. The summed E-state index contributed by atoms with van der Waals surface area (Å²) < 4.78 is 7.10. The summed E-state index contributed by atoms with van der Waals surface area (Å²) in [6.45, 7) is 0.0966. The van der Waals surface area contributed by atoms with E-state index in [9.17, 15) is 20.0 Å². The number of rotatable bonds is 6. The Morgan fingerprint density at radius 2 is 1.77 bits per heavy atom. The molecule has 0 fully saturated rings. The molecule has 8 heteroatoms. The van der Waals surface area contributed by atoms with Crippen molar-refractivity contribution in [3.63, 3.8) is 0 Å². The number of nitriles is 1. The van der Waals surface area contributed by atoms with E-state index in [2.05, 4.69) is 10.4 Å². The van der Waals surface area contributed by atoms with E-state index in [4.69, 9.17) is 4.74 Å². The standard InChI is InChI=1S/C27H22N4O4/c1-31-25-11-10-16(12-21(25)24(14-28)30-31)13-23(26(32)33)29-27(34)35-15-22-19-8-4-2-6-17(19)18-7-3-5-9-20(18)22/h2-12,22-23H,13,15H2,1H3,(H,29,34)(H,32,33). The predicted molar refractivity (Wildman–Crippen MR) is 129 cm³/mol. The van der Waals surface area contributed by atoms with Crippen LogP contribution in [0.1, 0.15) is 28.3 Å². The number of carboxylic acid groups (broad SMARTS) is 1. The van der Waals surface area contributed by atoms with Crippen LogP contribution in [0.3, 0.4) is 0 Å². The summed E-state index contributed by atoms with van der Waals surface area (Å²) in [6, 6.07) is 22.1. The van der Waals surface area contributed by atoms with Crippen LogP contribution >= 0.6 is 0 Å². The number of carboxylic acids is 1. The third-order valence-corrected chi connectivity index (χ3v) is 6.39. The normalized spacial score (nSPS) is 13.0. The fourth-order valence-electron chi connectivity index (χ4n) is 4.74. The van der Waals surface area contributed by atoms with Crippen molar-refractivity contribution in [2.24, 2.45) is 7.05 Å². The Hall–Kier alpha value is -4.64. The molecule has 5 rings (SSSR count). The molecule has 2 N–H and O–H groups in total. The Morgan fingerprint density at radius 1 is 1.11 bits per heavy atom. The van der Waals surface area contributed by atoms with Gasteiger partial charge in [0.15, 0.2) is 5.69 Å². The lowest BCUT2D eigenvalue weighted by Crippen LogP contribution is -2.42. The summed E-state index contributed by atoms with van der Waals surface area (Å²) in [6.07, 6.45) is -0.755. The predicted octanol–water partition coefficient (Wildman–Crippen LogP) is 3.98. The van der Waals surface area contributed by atoms with Gasteiger partial charge in [0.2, 0.25) is 0 Å². The average molecular weight is 466 g/mol. The first-order chi connectivity index (χ1) is 17.0. The molecule has 1 aliphatic carbocycles. The van der Waals surface area contributed by atoms with E-state index in [0.717, 1.165) is 27.8 Å². The smallest absolute Gasteiger partial charge is 0.407 e. The lowest BCUT2D eigenvalue weighted by Gasteiger charge is -2.17. The maximum Gasteiger partial charge on any atom is 0.407 e. The largest absolute Gasteiger partial charge is 0.480 e. The minimum atomic E-state index is -1.19. The third-order valence-electron chi connectivity index (χ3n) is 6.39. The van der Waals surface area contributed by atoms with Crippen LogP contribution < -0.4 is 5.32 Å². The molecule has 1 heterocycles. The second-order valence-electron chi connectivity index (χ2n) is 8.50. The number of nitrogens with one attached hydrogen (secondary N) is 1. The number of fused-ring (bicyclic) bond motifs is 4. The van der Waals surface area contributed by atoms with Gasteiger partial charge in [-0.2, -0.15) is 10.4 Å². The fourth-order valence-corrected chi connectivity index (χ4v) is 4.74. The SMILES string of the molecule is Cn1nc(C#N)c2cc(CC(NC(=O)OCC3c4ccccc4-c4ccccc43)C(=O)O)ccc21. The zero-order valence-corrected chi connectivity index (χ0v) is 18.9. The summed E-state index contributed by atoms with van der Waals surface area (Å²) in [5, 5.41) is 26.3. The Balaban J connectivity index is 1.29. The first-order valence-corrected chi connectivity index (χ1v) is 11.2. The van der Waals surface area contributed by atoms with Gasteiger partial charge in [0.25, 0.3) is 0 Å². The van der Waals surface area contributed by atoms with E-state index in [1.165, 1.54) is 0 Å². The molecule has 0 spiro atoms. The molecule has 0 bridgehead atoms. The number of carbonyl (C=O) groups excluding carboxylic acids is 1. The van der Waals surface area contributed by atoms with E-state index in [0.29, 0.717) is 10.9 Å². The van der Waals surface area contributed by atoms with E-state index >= 15 is 0 Å². The lowest BCUT2D eigenvalue weighted by atomic mass is 9.98. The van der Waals surface area contributed by atoms with Gasteiger partial charge in [0, 0.05) is 24.8 Å². The number of aryl methyl sites for hydroxylation is 1. The van der Waals surface area contributed by atoms with Crippen LogP contribution in [0.4, 0.5) is 4.79 Å². The Bertz CT molecular complexity index is 1460. The number of alkyl carbamates (subject to hydrolysis) is 1. The maximum absolute atomic E-state index is 12.6. The van der Waals surface area contributed by atoms with Crippen molar-refractivity contribution in [1.29, 1.82) is 5.26 Å². The minimum absolute atomic E-state index is 0.0369. The van der Waals surface area contributed by atoms with Gasteiger partial charge in [-0.3, -0.25) is 4.68 Å². The summed E-state index contributed by atoms with van der Waals surface area (Å²) in [4.78, 5) is 24.5. The number of nitrogens with zero attached hydrogens (tertiary/aromatic N) is 3. The number of aliphatic carboxylic acids is 1.